The van der Waals surface area contributed by atoms with Gasteiger partial charge in [0.05, 0.1) is 58.1 Å². The average Bonchev–Trinajstić information content (AvgIpc) is 3.83. The monoisotopic (exact) mass is 744 g/mol. The first kappa shape index (κ1) is 33.1. The van der Waals surface area contributed by atoms with Gasteiger partial charge in [-0.1, -0.05) is 34.1 Å². The van der Waals surface area contributed by atoms with Crippen LogP contribution >= 0.6 is 15.9 Å². The Kier molecular flexibility index (Phi) is 9.78. The van der Waals surface area contributed by atoms with E-state index in [4.69, 9.17) is 24.2 Å². The van der Waals surface area contributed by atoms with Crippen molar-refractivity contribution < 1.29 is 14.2 Å². The summed E-state index contributed by atoms with van der Waals surface area (Å²) in [4.78, 5) is 31.9. The third-order valence-electron chi connectivity index (χ3n) is 9.35. The van der Waals surface area contributed by atoms with Crippen LogP contribution in [-0.4, -0.2) is 91.1 Å². The molecule has 0 radical (unpaired) electrons. The van der Waals surface area contributed by atoms with Gasteiger partial charge in [-0.15, -0.1) is 0 Å². The Balaban J connectivity index is 0.000000152. The molecule has 3 aromatic heterocycles. The van der Waals surface area contributed by atoms with Crippen LogP contribution in [0.4, 0.5) is 11.6 Å². The van der Waals surface area contributed by atoms with Crippen LogP contribution in [0, 0.1) is 0 Å². The first-order valence-electron chi connectivity index (χ1n) is 17.1. The number of ether oxygens (including phenoxy) is 3. The summed E-state index contributed by atoms with van der Waals surface area (Å²) < 4.78 is 17.3. The summed E-state index contributed by atoms with van der Waals surface area (Å²) in [5.74, 6) is 2.49. The topological polar surface area (TPSA) is 110 Å². The SMILES string of the molecule is Brc1ccc2c(c1)C(c1ccnc(N3CCOCC3)c1)=NC2.COc1nccnc1-c1ccc2c(c1)C(c1ccnc(N3CCOCC3)c1)=NC2. The molecule has 11 nitrogen and oxygen atoms in total. The van der Waals surface area contributed by atoms with Crippen molar-refractivity contribution in [1.82, 2.24) is 19.9 Å². The van der Waals surface area contributed by atoms with Gasteiger partial charge in [-0.2, -0.15) is 0 Å². The zero-order valence-electron chi connectivity index (χ0n) is 28.3. The molecule has 0 spiro atoms. The largest absolute Gasteiger partial charge is 0.479 e. The van der Waals surface area contributed by atoms with Gasteiger partial charge in [-0.25, -0.2) is 19.9 Å². The maximum Gasteiger partial charge on any atom is 0.240 e. The van der Waals surface area contributed by atoms with Crippen molar-refractivity contribution in [1.29, 1.82) is 0 Å². The van der Waals surface area contributed by atoms with E-state index in [1.807, 2.05) is 24.5 Å². The van der Waals surface area contributed by atoms with Crippen LogP contribution < -0.4 is 14.5 Å². The molecule has 12 heteroatoms. The molecule has 4 aliphatic heterocycles. The smallest absolute Gasteiger partial charge is 0.240 e. The summed E-state index contributed by atoms with van der Waals surface area (Å²) in [6.07, 6.45) is 7.04. The first-order chi connectivity index (χ1) is 25.1. The average molecular weight is 746 g/mol. The predicted molar refractivity (Wildman–Crippen MR) is 201 cm³/mol. The highest BCUT2D eigenvalue weighted by Crippen LogP contribution is 2.32. The van der Waals surface area contributed by atoms with Gasteiger partial charge >= 0.3 is 0 Å². The molecule has 9 rings (SSSR count). The fourth-order valence-corrected chi connectivity index (χ4v) is 7.08. The number of methoxy groups -OCH3 is 1. The third-order valence-corrected chi connectivity index (χ3v) is 9.84. The van der Waals surface area contributed by atoms with Gasteiger partial charge in [0.25, 0.3) is 0 Å². The Morgan fingerprint density at radius 1 is 0.588 bits per heavy atom. The Morgan fingerprint density at radius 3 is 1.73 bits per heavy atom. The third kappa shape index (κ3) is 7.12. The summed E-state index contributed by atoms with van der Waals surface area (Å²) in [6.45, 7) is 7.94. The second kappa shape index (κ2) is 15.1. The van der Waals surface area contributed by atoms with Crippen molar-refractivity contribution >= 4 is 39.0 Å². The lowest BCUT2D eigenvalue weighted by atomic mass is 9.97. The molecular formula is C39H37BrN8O3. The quantitative estimate of drug-likeness (QED) is 0.214. The summed E-state index contributed by atoms with van der Waals surface area (Å²) in [5, 5.41) is 0. The molecule has 5 aromatic rings. The number of anilines is 2. The van der Waals surface area contributed by atoms with E-state index in [-0.39, 0.29) is 0 Å². The van der Waals surface area contributed by atoms with Crippen LogP contribution in [0.2, 0.25) is 0 Å². The second-order valence-electron chi connectivity index (χ2n) is 12.4. The van der Waals surface area contributed by atoms with Gasteiger partial charge in [0, 0.05) is 83.3 Å². The number of aromatic nitrogens is 4. The van der Waals surface area contributed by atoms with Gasteiger partial charge in [-0.05, 0) is 53.6 Å². The van der Waals surface area contributed by atoms with Crippen LogP contribution in [-0.2, 0) is 22.6 Å². The van der Waals surface area contributed by atoms with Gasteiger partial charge in [-0.3, -0.25) is 9.98 Å². The Labute approximate surface area is 305 Å². The minimum atomic E-state index is 0.516. The molecular weight excluding hydrogens is 708 g/mol. The van der Waals surface area contributed by atoms with E-state index in [1.165, 1.54) is 16.7 Å². The lowest BCUT2D eigenvalue weighted by molar-refractivity contribution is 0.122. The normalized spacial score (nSPS) is 16.4. The molecule has 0 bridgehead atoms. The Morgan fingerprint density at radius 2 is 1.14 bits per heavy atom. The Bertz CT molecular complexity index is 2110. The first-order valence-corrected chi connectivity index (χ1v) is 17.9. The summed E-state index contributed by atoms with van der Waals surface area (Å²) in [7, 11) is 1.61. The van der Waals surface area contributed by atoms with Gasteiger partial charge < -0.3 is 24.0 Å². The van der Waals surface area contributed by atoms with Crippen LogP contribution in [0.5, 0.6) is 5.88 Å². The standard InChI is InChI=1S/C22H21N5O2.C17H16BrN3O/c1-28-22-21(24-6-7-25-22)15-2-3-17-14-26-20(18(17)12-15)16-4-5-23-19(13-16)27-8-10-29-11-9-27;18-14-2-1-13-11-20-17(15(13)10-14)12-3-4-19-16(9-12)21-5-7-22-8-6-21/h2-7,12-13H,8-11,14H2,1H3;1-4,9-10H,5-8,11H2. The van der Waals surface area contributed by atoms with Crippen molar-refractivity contribution in [2.24, 2.45) is 9.98 Å². The molecule has 4 aliphatic rings. The van der Waals surface area contributed by atoms with Gasteiger partial charge in [0.15, 0.2) is 0 Å². The van der Waals surface area contributed by atoms with Crippen LogP contribution in [0.1, 0.15) is 33.4 Å². The second-order valence-corrected chi connectivity index (χ2v) is 13.3. The molecule has 51 heavy (non-hydrogen) atoms. The molecule has 0 N–H and O–H groups in total. The lowest BCUT2D eigenvalue weighted by Gasteiger charge is -2.28. The molecule has 0 aliphatic carbocycles. The molecule has 0 unspecified atom stereocenters. The molecule has 2 aromatic carbocycles. The number of morpholine rings is 2. The highest BCUT2D eigenvalue weighted by molar-refractivity contribution is 9.10. The number of fused-ring (bicyclic) bond motifs is 2. The van der Waals surface area contributed by atoms with E-state index >= 15 is 0 Å². The molecule has 2 fully saturated rings. The number of hydrogen-bond donors (Lipinski definition) is 0. The van der Waals surface area contributed by atoms with Crippen molar-refractivity contribution in [2.45, 2.75) is 13.1 Å². The molecule has 0 amide bonds. The highest BCUT2D eigenvalue weighted by atomic mass is 79.9. The van der Waals surface area contributed by atoms with Crippen molar-refractivity contribution in [3.05, 3.63) is 123 Å². The number of hydrogen-bond acceptors (Lipinski definition) is 11. The number of pyridine rings is 2. The maximum atomic E-state index is 5.46. The number of rotatable bonds is 6. The van der Waals surface area contributed by atoms with Gasteiger partial charge in [0.1, 0.15) is 17.3 Å². The van der Waals surface area contributed by atoms with Crippen molar-refractivity contribution in [2.75, 3.05) is 69.5 Å². The molecule has 0 saturated carbocycles. The van der Waals surface area contributed by atoms with Crippen LogP contribution in [0.3, 0.4) is 0 Å². The van der Waals surface area contributed by atoms with E-state index in [2.05, 4.69) is 94.2 Å². The van der Waals surface area contributed by atoms with E-state index in [0.29, 0.717) is 12.4 Å². The van der Waals surface area contributed by atoms with Crippen LogP contribution in [0.25, 0.3) is 11.3 Å². The number of aliphatic imine (C=N–C) groups is 2. The number of halogens is 1. The summed E-state index contributed by atoms with van der Waals surface area (Å²) in [6, 6.07) is 21.0. The molecule has 2 saturated heterocycles. The van der Waals surface area contributed by atoms with Crippen molar-refractivity contribution in [3.8, 4) is 17.1 Å². The number of nitrogens with zero attached hydrogens (tertiary/aromatic N) is 8. The zero-order chi connectivity index (χ0) is 34.6. The molecule has 0 atom stereocenters. The molecule has 7 heterocycles. The fourth-order valence-electron chi connectivity index (χ4n) is 6.72. The highest BCUT2D eigenvalue weighted by Gasteiger charge is 2.22. The van der Waals surface area contributed by atoms with E-state index in [0.717, 1.165) is 115 Å². The summed E-state index contributed by atoms with van der Waals surface area (Å²) >= 11 is 3.55. The maximum absolute atomic E-state index is 5.46. The lowest BCUT2D eigenvalue weighted by Crippen LogP contribution is -2.36. The van der Waals surface area contributed by atoms with Gasteiger partial charge in [0.2, 0.25) is 5.88 Å². The minimum absolute atomic E-state index is 0.516. The van der Waals surface area contributed by atoms with Crippen LogP contribution in [0.15, 0.2) is 99.9 Å². The van der Waals surface area contributed by atoms with E-state index < -0.39 is 0 Å². The number of benzene rings is 2. The van der Waals surface area contributed by atoms with E-state index in [1.54, 1.807) is 19.5 Å². The zero-order valence-corrected chi connectivity index (χ0v) is 29.9. The Hall–Kier alpha value is -5.04. The fraction of sp³-hybridized carbons (Fsp3) is 0.282. The summed E-state index contributed by atoms with van der Waals surface area (Å²) in [5.41, 5.74) is 10.8. The minimum Gasteiger partial charge on any atom is -0.479 e. The predicted octanol–water partition coefficient (Wildman–Crippen LogP) is 5.77. The van der Waals surface area contributed by atoms with Crippen molar-refractivity contribution in [3.63, 3.8) is 0 Å². The van der Waals surface area contributed by atoms with E-state index in [9.17, 15) is 0 Å². The molecule has 258 valence electrons.